The fourth-order valence-corrected chi connectivity index (χ4v) is 4.38. The second-order valence-electron chi connectivity index (χ2n) is 7.99. The summed E-state index contributed by atoms with van der Waals surface area (Å²) in [7, 11) is 0. The third kappa shape index (κ3) is 5.60. The third-order valence-electron chi connectivity index (χ3n) is 6.03. The van der Waals surface area contributed by atoms with Gasteiger partial charge in [0.25, 0.3) is 5.91 Å². The molecule has 0 aromatic heterocycles. The van der Waals surface area contributed by atoms with Crippen LogP contribution >= 0.6 is 12.4 Å². The van der Waals surface area contributed by atoms with Crippen molar-refractivity contribution in [2.45, 2.75) is 44.2 Å². The molecule has 0 bridgehead atoms. The van der Waals surface area contributed by atoms with Gasteiger partial charge in [0.1, 0.15) is 11.9 Å². The van der Waals surface area contributed by atoms with Gasteiger partial charge in [0, 0.05) is 38.0 Å². The van der Waals surface area contributed by atoms with Crippen molar-refractivity contribution in [2.75, 3.05) is 31.1 Å². The summed E-state index contributed by atoms with van der Waals surface area (Å²) in [5, 5.41) is 0. The topological polar surface area (TPSA) is 32.8 Å². The SMILES string of the molecule is Cl.O=C(C1CCCO1)N(c1ccc(F)cc1)C1CCN(CCc2ccccc2)CC1. The van der Waals surface area contributed by atoms with Gasteiger partial charge in [-0.25, -0.2) is 4.39 Å². The molecule has 2 aliphatic rings. The van der Waals surface area contributed by atoms with Gasteiger partial charge in [-0.15, -0.1) is 12.4 Å². The Labute approximate surface area is 184 Å². The molecule has 4 rings (SSSR count). The molecule has 6 heteroatoms. The molecule has 2 aliphatic heterocycles. The van der Waals surface area contributed by atoms with E-state index < -0.39 is 0 Å². The molecule has 2 fully saturated rings. The van der Waals surface area contributed by atoms with Gasteiger partial charge in [-0.2, -0.15) is 0 Å². The maximum atomic E-state index is 13.4. The molecule has 30 heavy (non-hydrogen) atoms. The Morgan fingerprint density at radius 2 is 1.73 bits per heavy atom. The monoisotopic (exact) mass is 432 g/mol. The molecule has 0 N–H and O–H groups in total. The number of piperidine rings is 1. The van der Waals surface area contributed by atoms with Gasteiger partial charge < -0.3 is 14.5 Å². The minimum atomic E-state index is -0.365. The highest BCUT2D eigenvalue weighted by Crippen LogP contribution is 2.27. The van der Waals surface area contributed by atoms with Crippen LogP contribution in [0.4, 0.5) is 10.1 Å². The quantitative estimate of drug-likeness (QED) is 0.675. The van der Waals surface area contributed by atoms with Crippen molar-refractivity contribution in [3.63, 3.8) is 0 Å². The van der Waals surface area contributed by atoms with Gasteiger partial charge >= 0.3 is 0 Å². The lowest BCUT2D eigenvalue weighted by molar-refractivity contribution is -0.128. The molecular weight excluding hydrogens is 403 g/mol. The van der Waals surface area contributed by atoms with Crippen molar-refractivity contribution < 1.29 is 13.9 Å². The Bertz CT molecular complexity index is 789. The molecule has 0 aliphatic carbocycles. The third-order valence-corrected chi connectivity index (χ3v) is 6.03. The number of carbonyl (C=O) groups excluding carboxylic acids is 1. The van der Waals surface area contributed by atoms with Crippen molar-refractivity contribution in [3.8, 4) is 0 Å². The zero-order valence-electron chi connectivity index (χ0n) is 17.2. The van der Waals surface area contributed by atoms with Crippen LogP contribution in [0.3, 0.4) is 0 Å². The lowest BCUT2D eigenvalue weighted by Crippen LogP contribution is -2.50. The molecule has 0 radical (unpaired) electrons. The molecule has 1 atom stereocenters. The zero-order valence-corrected chi connectivity index (χ0v) is 18.0. The summed E-state index contributed by atoms with van der Waals surface area (Å²) in [6.07, 6.45) is 4.21. The van der Waals surface area contributed by atoms with Crippen LogP contribution < -0.4 is 4.90 Å². The smallest absolute Gasteiger partial charge is 0.256 e. The highest BCUT2D eigenvalue weighted by atomic mass is 35.5. The fourth-order valence-electron chi connectivity index (χ4n) is 4.38. The van der Waals surface area contributed by atoms with Gasteiger partial charge in [-0.05, 0) is 61.9 Å². The van der Waals surface area contributed by atoms with E-state index in [0.29, 0.717) is 6.61 Å². The number of anilines is 1. The summed E-state index contributed by atoms with van der Waals surface area (Å²) < 4.78 is 19.1. The lowest BCUT2D eigenvalue weighted by Gasteiger charge is -2.39. The molecule has 2 aromatic carbocycles. The molecule has 162 valence electrons. The first-order valence-electron chi connectivity index (χ1n) is 10.7. The second-order valence-corrected chi connectivity index (χ2v) is 7.99. The van der Waals surface area contributed by atoms with E-state index in [0.717, 1.165) is 57.4 Å². The van der Waals surface area contributed by atoms with E-state index in [4.69, 9.17) is 4.74 Å². The number of rotatable bonds is 6. The van der Waals surface area contributed by atoms with Crippen LogP contribution in [-0.4, -0.2) is 49.2 Å². The van der Waals surface area contributed by atoms with Crippen LogP contribution in [-0.2, 0) is 16.0 Å². The van der Waals surface area contributed by atoms with Crippen molar-refractivity contribution in [1.29, 1.82) is 0 Å². The number of nitrogens with zero attached hydrogens (tertiary/aromatic N) is 2. The number of hydrogen-bond acceptors (Lipinski definition) is 3. The normalized spacial score (nSPS) is 20.0. The van der Waals surface area contributed by atoms with E-state index in [1.54, 1.807) is 12.1 Å². The fraction of sp³-hybridized carbons (Fsp3) is 0.458. The maximum Gasteiger partial charge on any atom is 0.256 e. The molecule has 1 amide bonds. The van der Waals surface area contributed by atoms with Crippen LogP contribution in [0.2, 0.25) is 0 Å². The predicted molar refractivity (Wildman–Crippen MR) is 120 cm³/mol. The summed E-state index contributed by atoms with van der Waals surface area (Å²) >= 11 is 0. The van der Waals surface area contributed by atoms with Gasteiger partial charge in [0.15, 0.2) is 0 Å². The molecule has 1 unspecified atom stereocenters. The van der Waals surface area contributed by atoms with E-state index in [1.165, 1.54) is 17.7 Å². The Balaban J connectivity index is 0.00000256. The van der Waals surface area contributed by atoms with Crippen molar-refractivity contribution in [2.24, 2.45) is 0 Å². The van der Waals surface area contributed by atoms with E-state index in [1.807, 2.05) is 11.0 Å². The minimum Gasteiger partial charge on any atom is -0.368 e. The van der Waals surface area contributed by atoms with E-state index >= 15 is 0 Å². The van der Waals surface area contributed by atoms with E-state index in [-0.39, 0.29) is 36.3 Å². The number of hydrogen-bond donors (Lipinski definition) is 0. The Hall–Kier alpha value is -1.95. The first-order valence-corrected chi connectivity index (χ1v) is 10.7. The predicted octanol–water partition coefficient (Wildman–Crippen LogP) is 4.47. The number of amides is 1. The Morgan fingerprint density at radius 3 is 2.37 bits per heavy atom. The standard InChI is InChI=1S/C24H29FN2O2.ClH/c25-20-8-10-21(11-9-20)27(24(28)23-7-4-18-29-23)22-13-16-26(17-14-22)15-12-19-5-2-1-3-6-19;/h1-3,5-6,8-11,22-23H,4,7,12-18H2;1H. The summed E-state index contributed by atoms with van der Waals surface area (Å²) in [5.74, 6) is -0.258. The highest BCUT2D eigenvalue weighted by Gasteiger charge is 2.35. The van der Waals surface area contributed by atoms with Gasteiger partial charge in [0.2, 0.25) is 0 Å². The highest BCUT2D eigenvalue weighted by molar-refractivity contribution is 5.97. The molecule has 4 nitrogen and oxygen atoms in total. The van der Waals surface area contributed by atoms with Crippen LogP contribution in [0.1, 0.15) is 31.2 Å². The van der Waals surface area contributed by atoms with Crippen molar-refractivity contribution in [3.05, 3.63) is 66.0 Å². The molecule has 2 heterocycles. The summed E-state index contributed by atoms with van der Waals surface area (Å²) in [6.45, 7) is 3.61. The lowest BCUT2D eigenvalue weighted by atomic mass is 10.00. The largest absolute Gasteiger partial charge is 0.368 e. The Morgan fingerprint density at radius 1 is 1.03 bits per heavy atom. The average Bonchev–Trinajstić information content (AvgIpc) is 3.30. The van der Waals surface area contributed by atoms with Gasteiger partial charge in [-0.3, -0.25) is 4.79 Å². The molecule has 0 saturated carbocycles. The number of likely N-dealkylation sites (tertiary alicyclic amines) is 1. The van der Waals surface area contributed by atoms with Crippen molar-refractivity contribution >= 4 is 24.0 Å². The van der Waals surface area contributed by atoms with Gasteiger partial charge in [0.05, 0.1) is 0 Å². The van der Waals surface area contributed by atoms with Crippen LogP contribution in [0, 0.1) is 5.82 Å². The molecular formula is C24H30ClFN2O2. The summed E-state index contributed by atoms with van der Waals surface area (Å²) in [6, 6.07) is 17.0. The molecule has 0 spiro atoms. The maximum absolute atomic E-state index is 13.4. The number of benzene rings is 2. The average molecular weight is 433 g/mol. The van der Waals surface area contributed by atoms with Crippen LogP contribution in [0.15, 0.2) is 54.6 Å². The number of carbonyl (C=O) groups is 1. The summed E-state index contributed by atoms with van der Waals surface area (Å²) in [5.41, 5.74) is 2.13. The van der Waals surface area contributed by atoms with Crippen LogP contribution in [0.25, 0.3) is 0 Å². The molecule has 2 aromatic rings. The minimum absolute atomic E-state index is 0. The van der Waals surface area contributed by atoms with Crippen molar-refractivity contribution in [1.82, 2.24) is 4.90 Å². The first kappa shape index (κ1) is 22.7. The second kappa shape index (κ2) is 10.9. The Kier molecular flexibility index (Phi) is 8.25. The van der Waals surface area contributed by atoms with Gasteiger partial charge in [-0.1, -0.05) is 30.3 Å². The number of ether oxygens (including phenoxy) is 1. The van der Waals surface area contributed by atoms with Crippen LogP contribution in [0.5, 0.6) is 0 Å². The van der Waals surface area contributed by atoms with E-state index in [9.17, 15) is 9.18 Å². The summed E-state index contributed by atoms with van der Waals surface area (Å²) in [4.78, 5) is 17.6. The first-order chi connectivity index (χ1) is 14.2. The number of halogens is 2. The molecule has 2 saturated heterocycles. The van der Waals surface area contributed by atoms with E-state index in [2.05, 4.69) is 29.2 Å². The zero-order chi connectivity index (χ0) is 20.1.